The van der Waals surface area contributed by atoms with Gasteiger partial charge in [-0.15, -0.1) is 5.06 Å². The molecule has 2 aromatic carbocycles. The summed E-state index contributed by atoms with van der Waals surface area (Å²) in [6, 6.07) is 6.40. The Balaban J connectivity index is 1.13. The Morgan fingerprint density at radius 3 is 1.48 bits per heavy atom. The fourth-order valence-corrected chi connectivity index (χ4v) is 3.23. The van der Waals surface area contributed by atoms with Gasteiger partial charge in [-0.2, -0.15) is 8.78 Å². The summed E-state index contributed by atoms with van der Waals surface area (Å²) >= 11 is 0. The Kier molecular flexibility index (Phi) is 11.9. The summed E-state index contributed by atoms with van der Waals surface area (Å²) in [5.41, 5.74) is 0.569. The second-order valence-electron chi connectivity index (χ2n) is 7.86. The number of carbonyl (C=O) groups is 3. The molecule has 0 spiro atoms. The number of nitrogens with zero attached hydrogens (tertiary/aromatic N) is 1. The van der Waals surface area contributed by atoms with E-state index in [0.717, 1.165) is 0 Å². The molecule has 2 amide bonds. The molecular formula is C25H24F5NO9. The second kappa shape index (κ2) is 15.3. The van der Waals surface area contributed by atoms with Crippen LogP contribution in [0.2, 0.25) is 0 Å². The smallest absolute Gasteiger partial charge is 0.313 e. The average molecular weight is 577 g/mol. The maximum Gasteiger partial charge on any atom is 0.313 e. The Hall–Kier alpha value is -3.50. The fraction of sp³-hybridized carbons (Fsp3) is 0.400. The van der Waals surface area contributed by atoms with Crippen LogP contribution in [0.3, 0.4) is 0 Å². The molecule has 1 aliphatic rings. The van der Waals surface area contributed by atoms with E-state index in [-0.39, 0.29) is 70.6 Å². The summed E-state index contributed by atoms with van der Waals surface area (Å²) in [6.07, 6.45) is -0.508. The molecule has 15 heteroatoms. The molecule has 3 rings (SSSR count). The number of imide groups is 1. The fourth-order valence-electron chi connectivity index (χ4n) is 3.23. The van der Waals surface area contributed by atoms with Crippen molar-refractivity contribution in [1.29, 1.82) is 0 Å². The predicted molar refractivity (Wildman–Crippen MR) is 123 cm³/mol. The minimum Gasteiger partial charge on any atom is -0.420 e. The van der Waals surface area contributed by atoms with Gasteiger partial charge in [-0.05, 0) is 12.1 Å². The molecule has 0 atom stereocenters. The van der Waals surface area contributed by atoms with E-state index in [9.17, 15) is 36.3 Å². The number of halogens is 5. The number of benzene rings is 2. The van der Waals surface area contributed by atoms with Crippen LogP contribution in [-0.2, 0) is 28.6 Å². The van der Waals surface area contributed by atoms with Gasteiger partial charge in [0.2, 0.25) is 34.8 Å². The molecule has 0 saturated carbocycles. The average Bonchev–Trinajstić information content (AvgIpc) is 3.20. The van der Waals surface area contributed by atoms with E-state index in [1.54, 1.807) is 24.3 Å². The van der Waals surface area contributed by atoms with E-state index < -0.39 is 59.0 Å². The third kappa shape index (κ3) is 8.02. The summed E-state index contributed by atoms with van der Waals surface area (Å²) in [4.78, 5) is 41.1. The molecule has 218 valence electrons. The van der Waals surface area contributed by atoms with E-state index in [1.807, 2.05) is 0 Å². The largest absolute Gasteiger partial charge is 0.420 e. The van der Waals surface area contributed by atoms with Gasteiger partial charge < -0.3 is 23.7 Å². The third-order valence-corrected chi connectivity index (χ3v) is 5.16. The van der Waals surface area contributed by atoms with Crippen molar-refractivity contribution < 1.29 is 64.9 Å². The van der Waals surface area contributed by atoms with Gasteiger partial charge in [-0.25, -0.2) is 13.2 Å². The van der Waals surface area contributed by atoms with E-state index in [4.69, 9.17) is 23.8 Å². The van der Waals surface area contributed by atoms with Crippen molar-refractivity contribution in [1.82, 2.24) is 5.06 Å². The van der Waals surface area contributed by atoms with Crippen molar-refractivity contribution in [2.75, 3.05) is 59.5 Å². The molecule has 0 saturated heterocycles. The molecule has 10 nitrogen and oxygen atoms in total. The maximum absolute atomic E-state index is 13.5. The van der Waals surface area contributed by atoms with Crippen molar-refractivity contribution in [2.45, 2.75) is 6.42 Å². The molecule has 1 heterocycles. The standard InChI is InChI=1S/C25H24F5NO9/c26-18-19(27)21(29)23(22(30)20(18)28)40-17(32)5-6-35-7-8-36-9-10-37-11-12-38-13-14-39-31-24(33)15-3-1-2-4-16(15)25(31)34/h1-4H,5-14H2. The van der Waals surface area contributed by atoms with Crippen LogP contribution < -0.4 is 4.74 Å². The molecule has 0 N–H and O–H groups in total. The van der Waals surface area contributed by atoms with Crippen LogP contribution in [0.25, 0.3) is 0 Å². The number of fused-ring (bicyclic) bond motifs is 1. The number of carbonyl (C=O) groups excluding carboxylic acids is 3. The number of hydroxylamine groups is 2. The van der Waals surface area contributed by atoms with Crippen molar-refractivity contribution in [3.8, 4) is 5.75 Å². The number of hydrogen-bond donors (Lipinski definition) is 0. The Bertz CT molecular complexity index is 1150. The monoisotopic (exact) mass is 577 g/mol. The van der Waals surface area contributed by atoms with E-state index in [2.05, 4.69) is 4.74 Å². The van der Waals surface area contributed by atoms with E-state index in [0.29, 0.717) is 5.06 Å². The minimum absolute atomic E-state index is 0.0105. The highest BCUT2D eigenvalue weighted by Crippen LogP contribution is 2.29. The first kappa shape index (κ1) is 31.0. The van der Waals surface area contributed by atoms with E-state index in [1.165, 1.54) is 0 Å². The Labute approximate surface area is 224 Å². The lowest BCUT2D eigenvalue weighted by Crippen LogP contribution is -2.31. The summed E-state index contributed by atoms with van der Waals surface area (Å²) < 4.78 is 91.4. The number of amides is 2. The highest BCUT2D eigenvalue weighted by atomic mass is 19.2. The van der Waals surface area contributed by atoms with Crippen molar-refractivity contribution in [3.05, 3.63) is 64.5 Å². The zero-order chi connectivity index (χ0) is 29.1. The van der Waals surface area contributed by atoms with Gasteiger partial charge in [-0.3, -0.25) is 19.2 Å². The molecule has 0 unspecified atom stereocenters. The lowest BCUT2D eigenvalue weighted by atomic mass is 10.1. The molecule has 0 fully saturated rings. The molecular weight excluding hydrogens is 553 g/mol. The van der Waals surface area contributed by atoms with Crippen LogP contribution in [-0.4, -0.2) is 82.3 Å². The van der Waals surface area contributed by atoms with Crippen LogP contribution in [0.4, 0.5) is 22.0 Å². The molecule has 0 aromatic heterocycles. The van der Waals surface area contributed by atoms with Crippen LogP contribution in [0, 0.1) is 29.1 Å². The topological polar surface area (TPSA) is 110 Å². The summed E-state index contributed by atoms with van der Waals surface area (Å²) in [6.45, 7) is 0.977. The van der Waals surface area contributed by atoms with Crippen LogP contribution in [0.5, 0.6) is 5.75 Å². The summed E-state index contributed by atoms with van der Waals surface area (Å²) in [5, 5.41) is 0.706. The predicted octanol–water partition coefficient (Wildman–Crippen LogP) is 2.97. The molecule has 40 heavy (non-hydrogen) atoms. The SMILES string of the molecule is O=C(CCOCCOCCOCCOCCON1C(=O)c2ccccc2C1=O)Oc1c(F)c(F)c(F)c(F)c1F. The van der Waals surface area contributed by atoms with Crippen LogP contribution in [0.1, 0.15) is 27.1 Å². The first-order chi connectivity index (χ1) is 19.2. The van der Waals surface area contributed by atoms with Crippen molar-refractivity contribution >= 4 is 17.8 Å². The minimum atomic E-state index is -2.36. The first-order valence-corrected chi connectivity index (χ1v) is 11.9. The molecule has 1 aliphatic heterocycles. The van der Waals surface area contributed by atoms with Gasteiger partial charge in [0, 0.05) is 0 Å². The maximum atomic E-state index is 13.5. The van der Waals surface area contributed by atoms with Gasteiger partial charge in [0.05, 0.1) is 77.0 Å². The zero-order valence-corrected chi connectivity index (χ0v) is 20.9. The van der Waals surface area contributed by atoms with Gasteiger partial charge in [0.25, 0.3) is 11.8 Å². The Morgan fingerprint density at radius 2 is 1.00 bits per heavy atom. The van der Waals surface area contributed by atoms with Gasteiger partial charge in [0.1, 0.15) is 0 Å². The normalized spacial score (nSPS) is 12.8. The highest BCUT2D eigenvalue weighted by molar-refractivity contribution is 6.20. The third-order valence-electron chi connectivity index (χ3n) is 5.16. The highest BCUT2D eigenvalue weighted by Gasteiger charge is 2.36. The first-order valence-electron chi connectivity index (χ1n) is 11.9. The zero-order valence-electron chi connectivity index (χ0n) is 20.9. The van der Waals surface area contributed by atoms with Gasteiger partial charge in [-0.1, -0.05) is 12.1 Å². The number of ether oxygens (including phenoxy) is 5. The van der Waals surface area contributed by atoms with Crippen LogP contribution in [0.15, 0.2) is 24.3 Å². The number of rotatable bonds is 17. The molecule has 0 radical (unpaired) electrons. The second-order valence-corrected chi connectivity index (χ2v) is 7.86. The lowest BCUT2D eigenvalue weighted by Gasteiger charge is -2.13. The van der Waals surface area contributed by atoms with E-state index >= 15 is 0 Å². The number of esters is 1. The lowest BCUT2D eigenvalue weighted by molar-refractivity contribution is -0.136. The molecule has 0 aliphatic carbocycles. The van der Waals surface area contributed by atoms with Crippen LogP contribution >= 0.6 is 0 Å². The van der Waals surface area contributed by atoms with Gasteiger partial charge >= 0.3 is 5.97 Å². The summed E-state index contributed by atoms with van der Waals surface area (Å²) in [7, 11) is 0. The molecule has 0 bridgehead atoms. The van der Waals surface area contributed by atoms with Crippen molar-refractivity contribution in [3.63, 3.8) is 0 Å². The quantitative estimate of drug-likeness (QED) is 0.0533. The molecule has 2 aromatic rings. The Morgan fingerprint density at radius 1 is 0.600 bits per heavy atom. The van der Waals surface area contributed by atoms with Gasteiger partial charge in [0.15, 0.2) is 0 Å². The van der Waals surface area contributed by atoms with Crippen molar-refractivity contribution in [2.24, 2.45) is 0 Å². The number of hydrogen-bond acceptors (Lipinski definition) is 9. The summed E-state index contributed by atoms with van der Waals surface area (Å²) in [5.74, 6) is -15.3.